The number of aromatic nitrogens is 2. The molecule has 1 unspecified atom stereocenters. The fourth-order valence-corrected chi connectivity index (χ4v) is 3.74. The summed E-state index contributed by atoms with van der Waals surface area (Å²) >= 11 is 3.36. The van der Waals surface area contributed by atoms with Gasteiger partial charge in [0.25, 0.3) is 0 Å². The fraction of sp³-hybridized carbons (Fsp3) is 0.421. The Hall–Kier alpha value is -2.15. The van der Waals surface area contributed by atoms with Crippen molar-refractivity contribution < 1.29 is 14.3 Å². The van der Waals surface area contributed by atoms with Crippen LogP contribution in [0.5, 0.6) is 5.75 Å². The normalized spacial score (nSPS) is 16.0. The van der Waals surface area contributed by atoms with E-state index in [0.717, 1.165) is 29.3 Å². The number of carbonyl (C=O) groups excluding carboxylic acids is 2. The highest BCUT2D eigenvalue weighted by Gasteiger charge is 2.25. The number of Topliss-reactive ketones (excluding diaryl/α,β-unsaturated/α-hetero) is 1. The zero-order chi connectivity index (χ0) is 18.7. The molecule has 1 aliphatic carbocycles. The molecular weight excluding hydrogens is 398 g/mol. The molecule has 1 heterocycles. The summed E-state index contributed by atoms with van der Waals surface area (Å²) in [5.41, 5.74) is 2.76. The van der Waals surface area contributed by atoms with E-state index in [1.165, 1.54) is 12.8 Å². The van der Waals surface area contributed by atoms with Crippen molar-refractivity contribution in [3.8, 4) is 5.75 Å². The predicted molar refractivity (Wildman–Crippen MR) is 101 cm³/mol. The van der Waals surface area contributed by atoms with Gasteiger partial charge in [0, 0.05) is 35.6 Å². The molecule has 1 atom stereocenters. The molecule has 0 fully saturated rings. The Kier molecular flexibility index (Phi) is 5.76. The van der Waals surface area contributed by atoms with Crippen LogP contribution in [0, 0.1) is 0 Å². The number of ketones is 1. The number of ether oxygens (including phenoxy) is 1. The van der Waals surface area contributed by atoms with Gasteiger partial charge in [-0.3, -0.25) is 14.3 Å². The summed E-state index contributed by atoms with van der Waals surface area (Å²) in [6.45, 7) is 0. The second-order valence-electron chi connectivity index (χ2n) is 6.45. The topological polar surface area (TPSA) is 73.2 Å². The van der Waals surface area contributed by atoms with E-state index in [4.69, 9.17) is 4.74 Å². The van der Waals surface area contributed by atoms with Crippen LogP contribution in [0.4, 0.5) is 0 Å². The van der Waals surface area contributed by atoms with Gasteiger partial charge in [0.05, 0.1) is 24.9 Å². The van der Waals surface area contributed by atoms with Gasteiger partial charge in [0.15, 0.2) is 5.78 Å². The van der Waals surface area contributed by atoms with Crippen LogP contribution in [0.25, 0.3) is 0 Å². The van der Waals surface area contributed by atoms with Crippen LogP contribution in [0.3, 0.4) is 0 Å². The number of benzene rings is 1. The average Bonchev–Trinajstić information content (AvgIpc) is 3.02. The predicted octanol–water partition coefficient (Wildman–Crippen LogP) is 3.35. The van der Waals surface area contributed by atoms with Crippen LogP contribution in [-0.2, 0) is 18.3 Å². The maximum atomic E-state index is 12.5. The van der Waals surface area contributed by atoms with Crippen LogP contribution in [0.15, 0.2) is 28.9 Å². The fourth-order valence-electron chi connectivity index (χ4n) is 3.38. The lowest BCUT2D eigenvalue weighted by atomic mass is 9.93. The van der Waals surface area contributed by atoms with Gasteiger partial charge in [-0.25, -0.2) is 0 Å². The van der Waals surface area contributed by atoms with Crippen molar-refractivity contribution in [2.75, 3.05) is 7.11 Å². The third-order valence-corrected chi connectivity index (χ3v) is 5.25. The first kappa shape index (κ1) is 18.6. The molecule has 7 heteroatoms. The number of hydrogen-bond acceptors (Lipinski definition) is 4. The molecule has 0 saturated heterocycles. The Labute approximate surface area is 161 Å². The minimum absolute atomic E-state index is 0.0181. The number of fused-ring (bicyclic) bond motifs is 1. The van der Waals surface area contributed by atoms with Crippen LogP contribution < -0.4 is 10.1 Å². The molecule has 3 rings (SSSR count). The lowest BCUT2D eigenvalue weighted by Gasteiger charge is -2.23. The highest BCUT2D eigenvalue weighted by molar-refractivity contribution is 9.10. The van der Waals surface area contributed by atoms with Crippen molar-refractivity contribution in [2.45, 2.75) is 38.1 Å². The minimum Gasteiger partial charge on any atom is -0.496 e. The van der Waals surface area contributed by atoms with E-state index >= 15 is 0 Å². The highest BCUT2D eigenvalue weighted by Crippen LogP contribution is 2.29. The molecule has 6 nitrogen and oxygen atoms in total. The van der Waals surface area contributed by atoms with Crippen molar-refractivity contribution in [3.63, 3.8) is 0 Å². The number of halogens is 1. The molecule has 1 aliphatic rings. The summed E-state index contributed by atoms with van der Waals surface area (Å²) in [6.07, 6.45) is 5.03. The zero-order valence-corrected chi connectivity index (χ0v) is 16.5. The number of rotatable bonds is 6. The molecule has 1 aromatic carbocycles. The summed E-state index contributed by atoms with van der Waals surface area (Å²) in [4.78, 5) is 24.8. The Bertz CT molecular complexity index is 831. The van der Waals surface area contributed by atoms with Crippen molar-refractivity contribution >= 4 is 27.6 Å². The van der Waals surface area contributed by atoms with Crippen molar-refractivity contribution in [2.24, 2.45) is 7.05 Å². The van der Waals surface area contributed by atoms with Crippen molar-refractivity contribution in [1.29, 1.82) is 0 Å². The summed E-state index contributed by atoms with van der Waals surface area (Å²) < 4.78 is 7.91. The van der Waals surface area contributed by atoms with Gasteiger partial charge in [0.1, 0.15) is 5.75 Å². The van der Waals surface area contributed by atoms with E-state index < -0.39 is 0 Å². The number of amides is 1. The second-order valence-corrected chi connectivity index (χ2v) is 7.37. The number of nitrogens with zero attached hydrogens (tertiary/aromatic N) is 2. The molecular formula is C19H22BrN3O3. The van der Waals surface area contributed by atoms with E-state index in [1.807, 2.05) is 24.0 Å². The van der Waals surface area contributed by atoms with Crippen molar-refractivity contribution in [3.05, 3.63) is 45.7 Å². The Balaban J connectivity index is 1.60. The monoisotopic (exact) mass is 419 g/mol. The number of aryl methyl sites for hydroxylation is 1. The molecule has 0 bridgehead atoms. The summed E-state index contributed by atoms with van der Waals surface area (Å²) in [5.74, 6) is 0.295. The quantitative estimate of drug-likeness (QED) is 0.728. The third-order valence-electron chi connectivity index (χ3n) is 4.75. The largest absolute Gasteiger partial charge is 0.496 e. The van der Waals surface area contributed by atoms with Gasteiger partial charge in [-0.2, -0.15) is 5.10 Å². The number of nitrogens with one attached hydrogen (secondary N) is 1. The zero-order valence-electron chi connectivity index (χ0n) is 14.9. The molecule has 0 aliphatic heterocycles. The summed E-state index contributed by atoms with van der Waals surface area (Å²) in [6, 6.07) is 5.26. The van der Waals surface area contributed by atoms with Crippen LogP contribution >= 0.6 is 15.9 Å². The molecule has 138 valence electrons. The second kappa shape index (κ2) is 8.03. The van der Waals surface area contributed by atoms with Gasteiger partial charge >= 0.3 is 0 Å². The third kappa shape index (κ3) is 3.98. The van der Waals surface area contributed by atoms with Crippen molar-refractivity contribution in [1.82, 2.24) is 15.1 Å². The summed E-state index contributed by atoms with van der Waals surface area (Å²) in [7, 11) is 3.45. The van der Waals surface area contributed by atoms with Gasteiger partial charge in [-0.05, 0) is 37.5 Å². The number of hydrogen-bond donors (Lipinski definition) is 1. The smallest absolute Gasteiger partial charge is 0.220 e. The lowest BCUT2D eigenvalue weighted by molar-refractivity contribution is -0.121. The Morgan fingerprint density at radius 1 is 1.38 bits per heavy atom. The lowest BCUT2D eigenvalue weighted by Crippen LogP contribution is -2.31. The van der Waals surface area contributed by atoms with E-state index in [1.54, 1.807) is 12.1 Å². The molecule has 1 amide bonds. The van der Waals surface area contributed by atoms with Gasteiger partial charge in [0.2, 0.25) is 5.91 Å². The van der Waals surface area contributed by atoms with Gasteiger partial charge in [-0.15, -0.1) is 0 Å². The van der Waals surface area contributed by atoms with Crippen LogP contribution in [0.2, 0.25) is 0 Å². The molecule has 2 aromatic rings. The highest BCUT2D eigenvalue weighted by atomic mass is 79.9. The Morgan fingerprint density at radius 2 is 2.19 bits per heavy atom. The van der Waals surface area contributed by atoms with E-state index in [9.17, 15) is 9.59 Å². The number of methoxy groups -OCH3 is 1. The SMILES string of the molecule is COc1ccc(Br)cc1C(=O)CCC(=O)NC1CCCc2c1cnn2C. The molecule has 1 aromatic heterocycles. The number of carbonyl (C=O) groups is 2. The van der Waals surface area contributed by atoms with E-state index in [0.29, 0.717) is 11.3 Å². The maximum Gasteiger partial charge on any atom is 0.220 e. The van der Waals surface area contributed by atoms with Crippen LogP contribution in [-0.4, -0.2) is 28.6 Å². The first-order chi connectivity index (χ1) is 12.5. The molecule has 0 radical (unpaired) electrons. The van der Waals surface area contributed by atoms with Crippen LogP contribution in [0.1, 0.15) is 53.3 Å². The van der Waals surface area contributed by atoms with Gasteiger partial charge < -0.3 is 10.1 Å². The summed E-state index contributed by atoms with van der Waals surface area (Å²) in [5, 5.41) is 7.34. The first-order valence-corrected chi connectivity index (χ1v) is 9.45. The van der Waals surface area contributed by atoms with E-state index in [-0.39, 0.29) is 30.6 Å². The molecule has 26 heavy (non-hydrogen) atoms. The Morgan fingerprint density at radius 3 is 2.96 bits per heavy atom. The average molecular weight is 420 g/mol. The van der Waals surface area contributed by atoms with E-state index in [2.05, 4.69) is 26.3 Å². The maximum absolute atomic E-state index is 12.5. The molecule has 1 N–H and O–H groups in total. The first-order valence-electron chi connectivity index (χ1n) is 8.66. The minimum atomic E-state index is -0.117. The molecule has 0 spiro atoms. The molecule has 0 saturated carbocycles. The standard InChI is InChI=1S/C19H22BrN3O3/c1-23-16-5-3-4-15(14(16)11-21-23)22-19(25)9-7-17(24)13-10-12(20)6-8-18(13)26-2/h6,8,10-11,15H,3-5,7,9H2,1-2H3,(H,22,25). The van der Waals surface area contributed by atoms with Gasteiger partial charge in [-0.1, -0.05) is 15.9 Å².